The molecule has 0 saturated heterocycles. The molecular weight excluding hydrogens is 266 g/mol. The number of nitrogen functional groups attached to an aromatic ring is 1. The Labute approximate surface area is 127 Å². The highest BCUT2D eigenvalue weighted by Crippen LogP contribution is 2.19. The minimum atomic E-state index is -0.0972. The number of hydrogen-bond acceptors (Lipinski definition) is 4. The summed E-state index contributed by atoms with van der Waals surface area (Å²) in [5.74, 6) is -0.0972. The first-order valence-corrected chi connectivity index (χ1v) is 7.68. The van der Waals surface area contributed by atoms with Crippen molar-refractivity contribution in [3.63, 3.8) is 0 Å². The van der Waals surface area contributed by atoms with Crippen LogP contribution < -0.4 is 16.4 Å². The van der Waals surface area contributed by atoms with Crippen molar-refractivity contribution in [1.29, 1.82) is 0 Å². The number of anilines is 2. The predicted molar refractivity (Wildman–Crippen MR) is 87.7 cm³/mol. The number of ether oxygens (including phenoxy) is 1. The van der Waals surface area contributed by atoms with Gasteiger partial charge in [-0.25, -0.2) is 0 Å². The minimum absolute atomic E-state index is 0.0972. The average molecular weight is 293 g/mol. The van der Waals surface area contributed by atoms with Crippen molar-refractivity contribution in [2.75, 3.05) is 37.4 Å². The minimum Gasteiger partial charge on any atom is -0.397 e. The summed E-state index contributed by atoms with van der Waals surface area (Å²) in [4.78, 5) is 11.7. The molecule has 1 aromatic rings. The standard InChI is InChI=1S/C16H27N3O2/c1-3-5-10-21-11-6-9-19-15-8-7-13(12-14(15)17)16(20)18-4-2/h7-8,12,19H,3-6,9-11,17H2,1-2H3,(H,18,20). The molecule has 0 aliphatic rings. The van der Waals surface area contributed by atoms with Gasteiger partial charge < -0.3 is 21.1 Å². The Hall–Kier alpha value is -1.75. The Balaban J connectivity index is 2.34. The van der Waals surface area contributed by atoms with E-state index in [0.717, 1.165) is 44.7 Å². The van der Waals surface area contributed by atoms with E-state index < -0.39 is 0 Å². The monoisotopic (exact) mass is 293 g/mol. The molecule has 1 rings (SSSR count). The summed E-state index contributed by atoms with van der Waals surface area (Å²) in [5.41, 5.74) is 7.99. The lowest BCUT2D eigenvalue weighted by molar-refractivity contribution is 0.0956. The van der Waals surface area contributed by atoms with Crippen LogP contribution in [0, 0.1) is 0 Å². The predicted octanol–water partition coefficient (Wildman–Crippen LogP) is 2.64. The number of nitrogens with one attached hydrogen (secondary N) is 2. The molecule has 0 spiro atoms. The van der Waals surface area contributed by atoms with Crippen LogP contribution in [0.15, 0.2) is 18.2 Å². The van der Waals surface area contributed by atoms with E-state index in [1.165, 1.54) is 0 Å². The van der Waals surface area contributed by atoms with Crippen LogP contribution in [0.4, 0.5) is 11.4 Å². The fourth-order valence-corrected chi connectivity index (χ4v) is 1.87. The molecule has 1 aromatic carbocycles. The third-order valence-electron chi connectivity index (χ3n) is 3.07. The molecule has 118 valence electrons. The summed E-state index contributed by atoms with van der Waals surface area (Å²) in [6.45, 7) is 7.04. The van der Waals surface area contributed by atoms with Crippen molar-refractivity contribution in [3.05, 3.63) is 23.8 Å². The lowest BCUT2D eigenvalue weighted by atomic mass is 10.1. The summed E-state index contributed by atoms with van der Waals surface area (Å²) in [7, 11) is 0. The zero-order valence-corrected chi connectivity index (χ0v) is 13.1. The summed E-state index contributed by atoms with van der Waals surface area (Å²) in [6.07, 6.45) is 3.20. The van der Waals surface area contributed by atoms with E-state index in [0.29, 0.717) is 17.8 Å². The van der Waals surface area contributed by atoms with Crippen LogP contribution in [-0.2, 0) is 4.74 Å². The number of carbonyl (C=O) groups is 1. The highest BCUT2D eigenvalue weighted by Gasteiger charge is 2.06. The van der Waals surface area contributed by atoms with Crippen LogP contribution in [-0.4, -0.2) is 32.2 Å². The largest absolute Gasteiger partial charge is 0.397 e. The fourth-order valence-electron chi connectivity index (χ4n) is 1.87. The Morgan fingerprint density at radius 2 is 2.00 bits per heavy atom. The molecular formula is C16H27N3O2. The van der Waals surface area contributed by atoms with Crippen molar-refractivity contribution in [3.8, 4) is 0 Å². The van der Waals surface area contributed by atoms with Gasteiger partial charge in [-0.15, -0.1) is 0 Å². The average Bonchev–Trinajstić information content (AvgIpc) is 2.48. The van der Waals surface area contributed by atoms with E-state index in [2.05, 4.69) is 17.6 Å². The summed E-state index contributed by atoms with van der Waals surface area (Å²) in [6, 6.07) is 5.32. The van der Waals surface area contributed by atoms with Crippen LogP contribution >= 0.6 is 0 Å². The van der Waals surface area contributed by atoms with Gasteiger partial charge in [-0.2, -0.15) is 0 Å². The van der Waals surface area contributed by atoms with Crippen LogP contribution in [0.3, 0.4) is 0 Å². The van der Waals surface area contributed by atoms with Gasteiger partial charge in [0, 0.05) is 31.9 Å². The first-order valence-electron chi connectivity index (χ1n) is 7.68. The molecule has 0 aliphatic carbocycles. The summed E-state index contributed by atoms with van der Waals surface area (Å²) in [5, 5.41) is 6.02. The molecule has 1 amide bonds. The lowest BCUT2D eigenvalue weighted by Gasteiger charge is -2.11. The molecule has 0 atom stereocenters. The topological polar surface area (TPSA) is 76.4 Å². The van der Waals surface area contributed by atoms with E-state index in [9.17, 15) is 4.79 Å². The maximum atomic E-state index is 11.7. The van der Waals surface area contributed by atoms with Gasteiger partial charge in [0.2, 0.25) is 0 Å². The Morgan fingerprint density at radius 3 is 2.67 bits per heavy atom. The molecule has 0 unspecified atom stereocenters. The van der Waals surface area contributed by atoms with Gasteiger partial charge >= 0.3 is 0 Å². The number of carbonyl (C=O) groups excluding carboxylic acids is 1. The normalized spacial score (nSPS) is 10.4. The van der Waals surface area contributed by atoms with Gasteiger partial charge in [0.05, 0.1) is 11.4 Å². The van der Waals surface area contributed by atoms with Gasteiger partial charge in [-0.1, -0.05) is 13.3 Å². The molecule has 0 heterocycles. The van der Waals surface area contributed by atoms with Gasteiger partial charge in [0.1, 0.15) is 0 Å². The van der Waals surface area contributed by atoms with Crippen molar-refractivity contribution in [2.45, 2.75) is 33.1 Å². The number of nitrogens with two attached hydrogens (primary N) is 1. The second-order valence-electron chi connectivity index (χ2n) is 4.91. The summed E-state index contributed by atoms with van der Waals surface area (Å²) < 4.78 is 5.50. The van der Waals surface area contributed by atoms with Crippen molar-refractivity contribution < 1.29 is 9.53 Å². The molecule has 0 aromatic heterocycles. The molecule has 0 saturated carbocycles. The maximum absolute atomic E-state index is 11.7. The molecule has 0 bridgehead atoms. The SMILES string of the molecule is CCCCOCCCNc1ccc(C(=O)NCC)cc1N. The quantitative estimate of drug-likeness (QED) is 0.458. The third-order valence-corrected chi connectivity index (χ3v) is 3.07. The van der Waals surface area contributed by atoms with E-state index >= 15 is 0 Å². The van der Waals surface area contributed by atoms with Crippen molar-refractivity contribution in [1.82, 2.24) is 5.32 Å². The Bertz CT molecular complexity index is 436. The molecule has 21 heavy (non-hydrogen) atoms. The van der Waals surface area contributed by atoms with Crippen molar-refractivity contribution in [2.24, 2.45) is 0 Å². The van der Waals surface area contributed by atoms with Crippen LogP contribution in [0.25, 0.3) is 0 Å². The summed E-state index contributed by atoms with van der Waals surface area (Å²) >= 11 is 0. The van der Waals surface area contributed by atoms with Gasteiger partial charge in [-0.3, -0.25) is 4.79 Å². The smallest absolute Gasteiger partial charge is 0.251 e. The first kappa shape index (κ1) is 17.3. The Kier molecular flexibility index (Phi) is 8.28. The molecule has 5 nitrogen and oxygen atoms in total. The number of rotatable bonds is 10. The molecule has 0 fully saturated rings. The number of unbranched alkanes of at least 4 members (excludes halogenated alkanes) is 1. The molecule has 0 radical (unpaired) electrons. The number of hydrogen-bond donors (Lipinski definition) is 3. The third kappa shape index (κ3) is 6.49. The Morgan fingerprint density at radius 1 is 1.24 bits per heavy atom. The number of benzene rings is 1. The number of amides is 1. The molecule has 0 aliphatic heterocycles. The van der Waals surface area contributed by atoms with Crippen LogP contribution in [0.1, 0.15) is 43.5 Å². The second-order valence-corrected chi connectivity index (χ2v) is 4.91. The van der Waals surface area contributed by atoms with Gasteiger partial charge in [0.25, 0.3) is 5.91 Å². The van der Waals surface area contributed by atoms with Crippen LogP contribution in [0.2, 0.25) is 0 Å². The zero-order valence-electron chi connectivity index (χ0n) is 13.1. The van der Waals surface area contributed by atoms with E-state index in [1.807, 2.05) is 13.0 Å². The van der Waals surface area contributed by atoms with Gasteiger partial charge in [-0.05, 0) is 38.0 Å². The second kappa shape index (κ2) is 10.0. The van der Waals surface area contributed by atoms with Gasteiger partial charge in [0.15, 0.2) is 0 Å². The molecule has 4 N–H and O–H groups in total. The first-order chi connectivity index (χ1) is 10.2. The highest BCUT2D eigenvalue weighted by atomic mass is 16.5. The van der Waals surface area contributed by atoms with Crippen LogP contribution in [0.5, 0.6) is 0 Å². The molecule has 5 heteroatoms. The lowest BCUT2D eigenvalue weighted by Crippen LogP contribution is -2.22. The zero-order chi connectivity index (χ0) is 15.5. The van der Waals surface area contributed by atoms with E-state index in [-0.39, 0.29) is 5.91 Å². The van der Waals surface area contributed by atoms with Crippen molar-refractivity contribution >= 4 is 17.3 Å². The van der Waals surface area contributed by atoms with E-state index in [1.54, 1.807) is 12.1 Å². The highest BCUT2D eigenvalue weighted by molar-refractivity contribution is 5.96. The fraction of sp³-hybridized carbons (Fsp3) is 0.562. The van der Waals surface area contributed by atoms with E-state index in [4.69, 9.17) is 10.5 Å². The maximum Gasteiger partial charge on any atom is 0.251 e.